The molecule has 158 valence electrons. The van der Waals surface area contributed by atoms with Gasteiger partial charge in [-0.1, -0.05) is 49.2 Å². The second kappa shape index (κ2) is 6.90. The van der Waals surface area contributed by atoms with Crippen molar-refractivity contribution < 1.29 is 9.59 Å². The Morgan fingerprint density at radius 2 is 1.74 bits per heavy atom. The van der Waals surface area contributed by atoms with E-state index in [4.69, 9.17) is 33.2 Å². The number of hydrogen-bond donors (Lipinski definition) is 2. The largest absolute Gasteiger partial charge is 0.272 e. The molecule has 1 heterocycles. The highest BCUT2D eigenvalue weighted by Crippen LogP contribution is 2.67. The Bertz CT molecular complexity index is 1260. The second-order valence-electron chi connectivity index (χ2n) is 8.70. The summed E-state index contributed by atoms with van der Waals surface area (Å²) in [5.41, 5.74) is 7.28. The lowest BCUT2D eigenvalue weighted by atomic mass is 9.68. The molecule has 1 fully saturated rings. The van der Waals surface area contributed by atoms with Crippen LogP contribution >= 0.6 is 23.2 Å². The van der Waals surface area contributed by atoms with Crippen LogP contribution in [0.25, 0.3) is 11.0 Å². The van der Waals surface area contributed by atoms with Gasteiger partial charge in [-0.25, -0.2) is 9.97 Å². The van der Waals surface area contributed by atoms with Gasteiger partial charge >= 0.3 is 0 Å². The van der Waals surface area contributed by atoms with E-state index in [-0.39, 0.29) is 27.8 Å². The monoisotopic (exact) mass is 454 g/mol. The fourth-order valence-corrected chi connectivity index (χ4v) is 5.78. The molecule has 3 aromatic rings. The van der Waals surface area contributed by atoms with Gasteiger partial charge in [-0.3, -0.25) is 20.4 Å². The van der Waals surface area contributed by atoms with E-state index >= 15 is 0 Å². The van der Waals surface area contributed by atoms with Crippen LogP contribution in [0, 0.1) is 5.41 Å². The Kier molecular flexibility index (Phi) is 4.50. The number of benzene rings is 2. The molecule has 2 aromatic carbocycles. The van der Waals surface area contributed by atoms with Crippen LogP contribution in [0.1, 0.15) is 54.4 Å². The van der Waals surface area contributed by atoms with Gasteiger partial charge < -0.3 is 0 Å². The van der Waals surface area contributed by atoms with Crippen LogP contribution in [-0.2, 0) is 10.2 Å². The van der Waals surface area contributed by atoms with Crippen LogP contribution in [0.5, 0.6) is 0 Å². The molecule has 2 aliphatic rings. The van der Waals surface area contributed by atoms with Crippen LogP contribution < -0.4 is 10.9 Å². The summed E-state index contributed by atoms with van der Waals surface area (Å²) in [6, 6.07) is 12.2. The maximum absolute atomic E-state index is 13.6. The molecule has 2 bridgehead atoms. The summed E-state index contributed by atoms with van der Waals surface area (Å²) in [6.07, 6.45) is 1.49. The van der Waals surface area contributed by atoms with E-state index in [1.807, 2.05) is 24.3 Å². The lowest BCUT2D eigenvalue weighted by molar-refractivity contribution is -0.130. The first-order valence-corrected chi connectivity index (χ1v) is 10.8. The number of fused-ring (bicyclic) bond motifs is 6. The Morgan fingerprint density at radius 3 is 2.45 bits per heavy atom. The van der Waals surface area contributed by atoms with Crippen LogP contribution in [0.2, 0.25) is 10.0 Å². The zero-order valence-electron chi connectivity index (χ0n) is 17.0. The molecular weight excluding hydrogens is 435 g/mol. The van der Waals surface area contributed by atoms with Crippen molar-refractivity contribution in [1.29, 1.82) is 0 Å². The SMILES string of the molecule is CC1(C)C2CCC1(C(=O)NNC(=O)c1ccc(Cl)cc1Cl)c1nc3ccccc3nc12. The summed E-state index contributed by atoms with van der Waals surface area (Å²) in [5, 5.41) is 0.638. The Hall–Kier alpha value is -2.70. The molecule has 0 saturated heterocycles. The van der Waals surface area contributed by atoms with E-state index in [0.29, 0.717) is 17.1 Å². The molecule has 2 atom stereocenters. The highest BCUT2D eigenvalue weighted by Gasteiger charge is 2.68. The number of amides is 2. The van der Waals surface area contributed by atoms with E-state index in [1.165, 1.54) is 12.1 Å². The molecule has 2 amide bonds. The molecule has 2 N–H and O–H groups in total. The minimum Gasteiger partial charge on any atom is -0.272 e. The van der Waals surface area contributed by atoms with Crippen molar-refractivity contribution in [2.24, 2.45) is 5.41 Å². The number of hydrazine groups is 1. The number of rotatable bonds is 2. The molecule has 1 aromatic heterocycles. The van der Waals surface area contributed by atoms with Gasteiger partial charge in [-0.15, -0.1) is 0 Å². The van der Waals surface area contributed by atoms with Gasteiger partial charge in [0, 0.05) is 10.9 Å². The molecule has 31 heavy (non-hydrogen) atoms. The van der Waals surface area contributed by atoms with Gasteiger partial charge in [0.05, 0.1) is 33.0 Å². The smallest absolute Gasteiger partial charge is 0.271 e. The van der Waals surface area contributed by atoms with E-state index < -0.39 is 11.3 Å². The lowest BCUT2D eigenvalue weighted by Crippen LogP contribution is -2.55. The third-order valence-corrected chi connectivity index (χ3v) is 7.51. The first-order chi connectivity index (χ1) is 14.8. The van der Waals surface area contributed by atoms with Crippen molar-refractivity contribution in [3.63, 3.8) is 0 Å². The van der Waals surface area contributed by atoms with Gasteiger partial charge in [0.15, 0.2) is 0 Å². The maximum Gasteiger partial charge on any atom is 0.271 e. The Morgan fingerprint density at radius 1 is 1.03 bits per heavy atom. The molecular formula is C23H20Cl2N4O2. The molecule has 0 aliphatic heterocycles. The van der Waals surface area contributed by atoms with E-state index in [9.17, 15) is 9.59 Å². The van der Waals surface area contributed by atoms with E-state index in [1.54, 1.807) is 6.07 Å². The molecule has 0 spiro atoms. The standard InChI is InChI=1S/C23H20Cl2N4O2/c1-22(2)14-9-10-23(22,19-18(14)26-16-5-3-4-6-17(16)27-19)21(31)29-28-20(30)13-8-7-12(24)11-15(13)25/h3-8,11,14H,9-10H2,1-2H3,(H,28,30)(H,29,31). The summed E-state index contributed by atoms with van der Waals surface area (Å²) < 4.78 is 0. The fourth-order valence-electron chi connectivity index (χ4n) is 5.29. The molecule has 2 aliphatic carbocycles. The van der Waals surface area contributed by atoms with Crippen LogP contribution in [0.15, 0.2) is 42.5 Å². The highest BCUT2D eigenvalue weighted by molar-refractivity contribution is 6.36. The number of aromatic nitrogens is 2. The fraction of sp³-hybridized carbons (Fsp3) is 0.304. The average molecular weight is 455 g/mol. The lowest BCUT2D eigenvalue weighted by Gasteiger charge is -2.36. The van der Waals surface area contributed by atoms with E-state index in [2.05, 4.69) is 24.7 Å². The number of nitrogens with one attached hydrogen (secondary N) is 2. The Balaban J connectivity index is 1.48. The summed E-state index contributed by atoms with van der Waals surface area (Å²) in [5.74, 6) is -0.671. The van der Waals surface area contributed by atoms with Crippen molar-refractivity contribution >= 4 is 46.0 Å². The van der Waals surface area contributed by atoms with Crippen molar-refractivity contribution in [2.75, 3.05) is 0 Å². The quantitative estimate of drug-likeness (QED) is 0.556. The second-order valence-corrected chi connectivity index (χ2v) is 9.54. The first kappa shape index (κ1) is 20.2. The zero-order valence-corrected chi connectivity index (χ0v) is 18.5. The van der Waals surface area contributed by atoms with Gasteiger partial charge in [0.25, 0.3) is 11.8 Å². The minimum atomic E-state index is -0.874. The number of carbonyl (C=O) groups is 2. The number of nitrogens with zero attached hydrogens (tertiary/aromatic N) is 2. The predicted molar refractivity (Wildman–Crippen MR) is 119 cm³/mol. The summed E-state index contributed by atoms with van der Waals surface area (Å²) in [6.45, 7) is 4.16. The Labute approximate surface area is 189 Å². The average Bonchev–Trinajstić information content (AvgIpc) is 3.11. The van der Waals surface area contributed by atoms with Gasteiger partial charge in [0.1, 0.15) is 5.41 Å². The molecule has 8 heteroatoms. The van der Waals surface area contributed by atoms with Gasteiger partial charge in [-0.05, 0) is 48.6 Å². The number of halogens is 2. The van der Waals surface area contributed by atoms with Crippen molar-refractivity contribution in [3.05, 3.63) is 69.5 Å². The zero-order chi connectivity index (χ0) is 22.0. The first-order valence-electron chi connectivity index (χ1n) is 10.1. The predicted octanol–water partition coefficient (Wildman–Crippen LogP) is 4.55. The van der Waals surface area contributed by atoms with E-state index in [0.717, 1.165) is 23.1 Å². The number of hydrogen-bond acceptors (Lipinski definition) is 4. The normalized spacial score (nSPS) is 22.9. The third-order valence-electron chi connectivity index (χ3n) is 6.96. The maximum atomic E-state index is 13.6. The van der Waals surface area contributed by atoms with Gasteiger partial charge in [0.2, 0.25) is 0 Å². The third kappa shape index (κ3) is 2.78. The molecule has 2 unspecified atom stereocenters. The molecule has 5 rings (SSSR count). The summed E-state index contributed by atoms with van der Waals surface area (Å²) in [7, 11) is 0. The molecule has 1 saturated carbocycles. The van der Waals surface area contributed by atoms with Gasteiger partial charge in [-0.2, -0.15) is 0 Å². The summed E-state index contributed by atoms with van der Waals surface area (Å²) in [4.78, 5) is 35.9. The van der Waals surface area contributed by atoms with Crippen molar-refractivity contribution in [1.82, 2.24) is 20.8 Å². The van der Waals surface area contributed by atoms with Crippen LogP contribution in [0.3, 0.4) is 0 Å². The van der Waals surface area contributed by atoms with Crippen molar-refractivity contribution in [3.8, 4) is 0 Å². The summed E-state index contributed by atoms with van der Waals surface area (Å²) >= 11 is 12.0. The number of para-hydroxylation sites is 2. The molecule has 6 nitrogen and oxygen atoms in total. The number of carbonyl (C=O) groups excluding carboxylic acids is 2. The van der Waals surface area contributed by atoms with Crippen LogP contribution in [0.4, 0.5) is 0 Å². The molecule has 0 radical (unpaired) electrons. The van der Waals surface area contributed by atoms with Crippen molar-refractivity contribution in [2.45, 2.75) is 38.0 Å². The topological polar surface area (TPSA) is 84.0 Å². The minimum absolute atomic E-state index is 0.131. The highest BCUT2D eigenvalue weighted by atomic mass is 35.5. The van der Waals surface area contributed by atoms with Crippen LogP contribution in [-0.4, -0.2) is 21.8 Å².